The third-order valence-corrected chi connectivity index (χ3v) is 3.43. The van der Waals surface area contributed by atoms with Crippen molar-refractivity contribution in [3.8, 4) is 11.1 Å². The number of rotatable bonds is 1. The van der Waals surface area contributed by atoms with Gasteiger partial charge in [0.1, 0.15) is 0 Å². The van der Waals surface area contributed by atoms with Gasteiger partial charge in [-0.05, 0) is 17.7 Å². The zero-order chi connectivity index (χ0) is 12.7. The van der Waals surface area contributed by atoms with Crippen molar-refractivity contribution in [2.24, 2.45) is 0 Å². The molecule has 1 N–H and O–H groups in total. The van der Waals surface area contributed by atoms with E-state index in [4.69, 9.17) is 0 Å². The normalized spacial score (nSPS) is 10.7. The Kier molecular flexibility index (Phi) is 2.10. The maximum Gasteiger partial charge on any atom is 0.0577 e. The molecule has 0 radical (unpaired) electrons. The second-order valence-corrected chi connectivity index (χ2v) is 4.63. The third kappa shape index (κ3) is 1.58. The molecule has 4 aromatic rings. The van der Waals surface area contributed by atoms with E-state index in [-0.39, 0.29) is 0 Å². The van der Waals surface area contributed by atoms with E-state index in [0.717, 1.165) is 22.0 Å². The van der Waals surface area contributed by atoms with E-state index in [1.165, 1.54) is 10.9 Å². The van der Waals surface area contributed by atoms with Crippen LogP contribution in [0.15, 0.2) is 60.7 Å². The highest BCUT2D eigenvalue weighted by Crippen LogP contribution is 2.26. The molecule has 1 nitrogen and oxygen atoms in total. The minimum absolute atomic E-state index is 1.07. The molecule has 0 aliphatic carbocycles. The summed E-state index contributed by atoms with van der Waals surface area (Å²) in [4.78, 5) is 3.44. The first-order valence-corrected chi connectivity index (χ1v) is 6.32. The fraction of sp³-hybridized carbons (Fsp3) is 0. The Morgan fingerprint density at radius 1 is 0.737 bits per heavy atom. The number of hydrogen-bond acceptors (Lipinski definition) is 0. The minimum Gasteiger partial charge on any atom is -0.354 e. The lowest BCUT2D eigenvalue weighted by molar-refractivity contribution is 1.54. The van der Waals surface area contributed by atoms with Crippen molar-refractivity contribution in [1.82, 2.24) is 4.98 Å². The van der Waals surface area contributed by atoms with Crippen molar-refractivity contribution in [3.63, 3.8) is 0 Å². The van der Waals surface area contributed by atoms with Gasteiger partial charge in [-0.1, -0.05) is 60.7 Å². The van der Waals surface area contributed by atoms with Gasteiger partial charge in [0.15, 0.2) is 0 Å². The standard InChI is InChI=1S/C18H11N/c1-2-6-13(7-3-1)14-10-11-16-15-8-4-5-9-17(15)19-18(16)12-14/h1-9,12,19H. The molecule has 3 aromatic carbocycles. The zero-order valence-corrected chi connectivity index (χ0v) is 10.3. The van der Waals surface area contributed by atoms with Gasteiger partial charge >= 0.3 is 0 Å². The predicted molar refractivity (Wildman–Crippen MR) is 78.9 cm³/mol. The molecule has 1 heterocycles. The first-order valence-electron chi connectivity index (χ1n) is 6.32. The Morgan fingerprint density at radius 2 is 1.53 bits per heavy atom. The number of para-hydroxylation sites is 1. The van der Waals surface area contributed by atoms with Crippen molar-refractivity contribution >= 4 is 21.8 Å². The summed E-state index contributed by atoms with van der Waals surface area (Å²) in [5.74, 6) is 0. The minimum atomic E-state index is 1.07. The molecule has 0 saturated carbocycles. The smallest absolute Gasteiger partial charge is 0.0577 e. The van der Waals surface area contributed by atoms with Crippen LogP contribution < -0.4 is 0 Å². The fourth-order valence-electron chi connectivity index (χ4n) is 2.49. The Morgan fingerprint density at radius 3 is 2.42 bits per heavy atom. The van der Waals surface area contributed by atoms with Crippen molar-refractivity contribution in [2.75, 3.05) is 0 Å². The Hall–Kier alpha value is -2.72. The quantitative estimate of drug-likeness (QED) is 0.501. The predicted octanol–water partition coefficient (Wildman–Crippen LogP) is 4.59. The Balaban J connectivity index is 1.99. The summed E-state index contributed by atoms with van der Waals surface area (Å²) in [5.41, 5.74) is 4.49. The van der Waals surface area contributed by atoms with Crippen molar-refractivity contribution < 1.29 is 0 Å². The molecule has 0 unspecified atom stereocenters. The molecule has 0 amide bonds. The van der Waals surface area contributed by atoms with E-state index in [9.17, 15) is 0 Å². The molecule has 1 heteroatoms. The fourth-order valence-corrected chi connectivity index (χ4v) is 2.49. The molecule has 0 aliphatic heterocycles. The van der Waals surface area contributed by atoms with Gasteiger partial charge < -0.3 is 4.98 Å². The van der Waals surface area contributed by atoms with E-state index in [2.05, 4.69) is 53.5 Å². The highest BCUT2D eigenvalue weighted by molar-refractivity contribution is 6.07. The lowest BCUT2D eigenvalue weighted by Gasteiger charge is -1.97. The molecule has 0 bridgehead atoms. The maximum absolute atomic E-state index is 3.44. The number of aromatic amines is 1. The van der Waals surface area contributed by atoms with Gasteiger partial charge in [-0.15, -0.1) is 0 Å². The van der Waals surface area contributed by atoms with E-state index in [0.29, 0.717) is 0 Å². The molecule has 0 fully saturated rings. The van der Waals surface area contributed by atoms with Gasteiger partial charge in [-0.25, -0.2) is 0 Å². The van der Waals surface area contributed by atoms with Crippen LogP contribution in [0.2, 0.25) is 0 Å². The molecule has 19 heavy (non-hydrogen) atoms. The van der Waals surface area contributed by atoms with Crippen molar-refractivity contribution in [2.45, 2.75) is 0 Å². The number of H-pyrrole nitrogens is 1. The van der Waals surface area contributed by atoms with Crippen LogP contribution in [0.4, 0.5) is 0 Å². The summed E-state index contributed by atoms with van der Waals surface area (Å²) in [5, 5.41) is 2.31. The van der Waals surface area contributed by atoms with Crippen LogP contribution in [0.25, 0.3) is 32.9 Å². The van der Waals surface area contributed by atoms with E-state index in [1.54, 1.807) is 0 Å². The van der Waals surface area contributed by atoms with Crippen LogP contribution in [0.3, 0.4) is 0 Å². The van der Waals surface area contributed by atoms with E-state index in [1.807, 2.05) is 24.3 Å². The molecule has 0 spiro atoms. The number of aromatic nitrogens is 1. The zero-order valence-electron chi connectivity index (χ0n) is 10.3. The van der Waals surface area contributed by atoms with Crippen molar-refractivity contribution in [3.05, 3.63) is 72.8 Å². The number of nitrogens with one attached hydrogen (secondary N) is 1. The van der Waals surface area contributed by atoms with Crippen LogP contribution >= 0.6 is 0 Å². The van der Waals surface area contributed by atoms with Crippen LogP contribution in [-0.2, 0) is 0 Å². The highest BCUT2D eigenvalue weighted by atomic mass is 14.7. The van der Waals surface area contributed by atoms with Gasteiger partial charge in [0.2, 0.25) is 0 Å². The summed E-state index contributed by atoms with van der Waals surface area (Å²) in [7, 11) is 0. The molecule has 0 aliphatic rings. The van der Waals surface area contributed by atoms with Crippen LogP contribution in [-0.4, -0.2) is 4.98 Å². The summed E-state index contributed by atoms with van der Waals surface area (Å²) in [6, 6.07) is 27.3. The van der Waals surface area contributed by atoms with Gasteiger partial charge in [-0.3, -0.25) is 0 Å². The summed E-state index contributed by atoms with van der Waals surface area (Å²) < 4.78 is 0. The molecule has 1 aromatic heterocycles. The average molecular weight is 241 g/mol. The first-order chi connectivity index (χ1) is 9.42. The van der Waals surface area contributed by atoms with Gasteiger partial charge in [0.25, 0.3) is 0 Å². The lowest BCUT2D eigenvalue weighted by Crippen LogP contribution is -1.75. The monoisotopic (exact) mass is 241 g/mol. The van der Waals surface area contributed by atoms with Gasteiger partial charge in [-0.2, -0.15) is 0 Å². The second kappa shape index (κ2) is 3.90. The number of fused-ring (bicyclic) bond motifs is 3. The van der Waals surface area contributed by atoms with Crippen LogP contribution in [0.1, 0.15) is 0 Å². The van der Waals surface area contributed by atoms with Gasteiger partial charge in [0, 0.05) is 16.5 Å². The molecule has 0 atom stereocenters. The van der Waals surface area contributed by atoms with Crippen LogP contribution in [0.5, 0.6) is 0 Å². The average Bonchev–Trinajstić information content (AvgIpc) is 2.86. The summed E-state index contributed by atoms with van der Waals surface area (Å²) in [6.07, 6.45) is 0. The van der Waals surface area contributed by atoms with Gasteiger partial charge in [0.05, 0.1) is 10.9 Å². The van der Waals surface area contributed by atoms with E-state index >= 15 is 0 Å². The van der Waals surface area contributed by atoms with E-state index < -0.39 is 0 Å². The molecule has 4 rings (SSSR count). The number of hydrogen-bond donors (Lipinski definition) is 1. The van der Waals surface area contributed by atoms with Crippen molar-refractivity contribution in [1.29, 1.82) is 0 Å². The van der Waals surface area contributed by atoms with Crippen LogP contribution in [0, 0.1) is 12.1 Å². The maximum atomic E-state index is 3.44. The highest BCUT2D eigenvalue weighted by Gasteiger charge is 2.04. The molecular weight excluding hydrogens is 230 g/mol. The Bertz CT molecular complexity index is 857. The molecular formula is C18H11N. The first kappa shape index (κ1) is 10.2. The SMILES string of the molecule is c1c(-c2ccccc2)cc2[nH]c3ccccc3c2c#1. The molecule has 0 saturated heterocycles. The topological polar surface area (TPSA) is 15.8 Å². The number of benzene rings is 2. The molecule has 88 valence electrons. The largest absolute Gasteiger partial charge is 0.354 e. The lowest BCUT2D eigenvalue weighted by atomic mass is 10.1. The second-order valence-electron chi connectivity index (χ2n) is 4.63. The Labute approximate surface area is 111 Å². The summed E-state index contributed by atoms with van der Waals surface area (Å²) >= 11 is 0. The third-order valence-electron chi connectivity index (χ3n) is 3.43. The summed E-state index contributed by atoms with van der Waals surface area (Å²) in [6.45, 7) is 0.